The first-order chi connectivity index (χ1) is 39.3. The Hall–Kier alpha value is -6.06. The highest BCUT2D eigenvalue weighted by Gasteiger charge is 2.44. The summed E-state index contributed by atoms with van der Waals surface area (Å²) < 4.78 is 37.1. The van der Waals surface area contributed by atoms with E-state index in [4.69, 9.17) is 18.5 Å². The molecule has 3 aromatic carbocycles. The number of amides is 7. The number of hydrogen-bond donors (Lipinski definition) is 6. The number of nitrogens with zero attached hydrogens (tertiary/aromatic N) is 3. The third-order valence-corrected chi connectivity index (χ3v) is 16.4. The van der Waals surface area contributed by atoms with Gasteiger partial charge < -0.3 is 50.8 Å². The van der Waals surface area contributed by atoms with E-state index in [9.17, 15) is 43.0 Å². The second-order valence-corrected chi connectivity index (χ2v) is 24.0. The molecular formula is C61H93N8O13P. The fourth-order valence-electron chi connectivity index (χ4n) is 10.8. The average Bonchev–Trinajstić information content (AvgIpc) is 4.13. The summed E-state index contributed by atoms with van der Waals surface area (Å²) in [6, 6.07) is 20.0. The number of benzene rings is 3. The van der Waals surface area contributed by atoms with Crippen LogP contribution in [-0.4, -0.2) is 158 Å². The number of likely N-dealkylation sites (tertiary alicyclic amines) is 1. The molecule has 1 unspecified atom stereocenters. The second-order valence-electron chi connectivity index (χ2n) is 22.6. The zero-order chi connectivity index (χ0) is 61.7. The molecule has 0 aliphatic carbocycles. The number of carbonyl (C=O) groups excluding carboxylic acids is 7. The molecule has 460 valence electrons. The van der Waals surface area contributed by atoms with E-state index in [0.717, 1.165) is 5.56 Å². The topological polar surface area (TPSA) is 264 Å². The van der Waals surface area contributed by atoms with Crippen molar-refractivity contribution in [2.24, 2.45) is 23.7 Å². The van der Waals surface area contributed by atoms with Gasteiger partial charge in [0.15, 0.2) is 0 Å². The summed E-state index contributed by atoms with van der Waals surface area (Å²) in [6.45, 7) is 16.4. The predicted molar refractivity (Wildman–Crippen MR) is 318 cm³/mol. The van der Waals surface area contributed by atoms with E-state index >= 15 is 0 Å². The molecular weight excluding hydrogens is 1080 g/mol. The highest BCUT2D eigenvalue weighted by Crippen LogP contribution is 2.49. The van der Waals surface area contributed by atoms with Crippen LogP contribution in [0.25, 0.3) is 0 Å². The number of nitrogens with one attached hydrogen (secondary N) is 5. The molecule has 0 spiro atoms. The quantitative estimate of drug-likeness (QED) is 0.0361. The maximum absolute atomic E-state index is 14.5. The Bertz CT molecular complexity index is 2600. The highest BCUT2D eigenvalue weighted by molar-refractivity contribution is 7.47. The number of carbonyl (C=O) groups is 7. The zero-order valence-corrected chi connectivity index (χ0v) is 52.0. The number of rotatable bonds is 33. The van der Waals surface area contributed by atoms with E-state index in [0.29, 0.717) is 42.6 Å². The van der Waals surface area contributed by atoms with Crippen LogP contribution in [0.4, 0.5) is 5.69 Å². The summed E-state index contributed by atoms with van der Waals surface area (Å²) in [4.78, 5) is 111. The van der Waals surface area contributed by atoms with Gasteiger partial charge in [0.1, 0.15) is 18.2 Å². The summed E-state index contributed by atoms with van der Waals surface area (Å²) in [7, 11) is 3.56. The molecule has 0 radical (unpaired) electrons. The Labute approximate surface area is 491 Å². The summed E-state index contributed by atoms with van der Waals surface area (Å²) in [5.41, 5.74) is 2.17. The van der Waals surface area contributed by atoms with Gasteiger partial charge in [0.25, 0.3) is 0 Å². The lowest BCUT2D eigenvalue weighted by Crippen LogP contribution is -2.59. The van der Waals surface area contributed by atoms with Crippen molar-refractivity contribution in [3.63, 3.8) is 0 Å². The first-order valence-corrected chi connectivity index (χ1v) is 30.4. The van der Waals surface area contributed by atoms with Gasteiger partial charge in [-0.25, -0.2) is 4.57 Å². The van der Waals surface area contributed by atoms with E-state index < -0.39 is 86.0 Å². The van der Waals surface area contributed by atoms with Crippen molar-refractivity contribution in [1.82, 2.24) is 36.0 Å². The fraction of sp³-hybridized carbons (Fsp3) is 0.590. The Morgan fingerprint density at radius 2 is 1.37 bits per heavy atom. The lowest BCUT2D eigenvalue weighted by Gasteiger charge is -2.41. The van der Waals surface area contributed by atoms with Crippen LogP contribution in [0.1, 0.15) is 117 Å². The number of phosphoric ester groups is 1. The van der Waals surface area contributed by atoms with Gasteiger partial charge in [-0.2, -0.15) is 0 Å². The Morgan fingerprint density at radius 1 is 0.747 bits per heavy atom. The second kappa shape index (κ2) is 33.4. The number of anilines is 1. The molecule has 3 aromatic rings. The van der Waals surface area contributed by atoms with E-state index in [1.165, 1.54) is 14.2 Å². The van der Waals surface area contributed by atoms with Crippen LogP contribution in [0.3, 0.4) is 0 Å². The molecule has 0 aromatic heterocycles. The smallest absolute Gasteiger partial charge is 0.379 e. The molecule has 83 heavy (non-hydrogen) atoms. The molecule has 1 heterocycles. The highest BCUT2D eigenvalue weighted by atomic mass is 31.2. The molecule has 22 heteroatoms. The van der Waals surface area contributed by atoms with Gasteiger partial charge in [-0.15, -0.1) is 0 Å². The Morgan fingerprint density at radius 3 is 1.93 bits per heavy atom. The first kappa shape index (κ1) is 69.4. The van der Waals surface area contributed by atoms with Crippen molar-refractivity contribution >= 4 is 54.9 Å². The largest absolute Gasteiger partial charge is 0.473 e. The zero-order valence-electron chi connectivity index (χ0n) is 51.1. The third-order valence-electron chi connectivity index (χ3n) is 15.5. The van der Waals surface area contributed by atoms with Gasteiger partial charge in [-0.05, 0) is 80.4 Å². The summed E-state index contributed by atoms with van der Waals surface area (Å²) in [6.07, 6.45) is -0.385. The molecule has 0 saturated carbocycles. The molecule has 4 rings (SSSR count). The van der Waals surface area contributed by atoms with Crippen LogP contribution in [0, 0.1) is 23.7 Å². The van der Waals surface area contributed by atoms with Crippen molar-refractivity contribution in [3.8, 4) is 0 Å². The van der Waals surface area contributed by atoms with Gasteiger partial charge in [0.05, 0.1) is 61.9 Å². The molecule has 1 aliphatic rings. The van der Waals surface area contributed by atoms with Crippen molar-refractivity contribution in [1.29, 1.82) is 0 Å². The number of phosphoric acid groups is 1. The Balaban J connectivity index is 1.40. The Kier molecular flexibility index (Phi) is 28.0. The normalized spacial score (nSPS) is 17.9. The van der Waals surface area contributed by atoms with Crippen LogP contribution in [-0.2, 0) is 69.7 Å². The van der Waals surface area contributed by atoms with E-state index in [1.54, 1.807) is 92.2 Å². The number of ether oxygens (including phenoxy) is 2. The molecule has 21 nitrogen and oxygen atoms in total. The van der Waals surface area contributed by atoms with Crippen LogP contribution in [0.15, 0.2) is 84.9 Å². The molecule has 6 N–H and O–H groups in total. The van der Waals surface area contributed by atoms with Crippen LogP contribution in [0.2, 0.25) is 0 Å². The molecule has 12 atom stereocenters. The van der Waals surface area contributed by atoms with Crippen molar-refractivity contribution in [2.75, 3.05) is 53.8 Å². The molecule has 7 amide bonds. The minimum atomic E-state index is -4.83. The van der Waals surface area contributed by atoms with Gasteiger partial charge in [-0.1, -0.05) is 135 Å². The van der Waals surface area contributed by atoms with E-state index in [1.807, 2.05) is 90.9 Å². The standard InChI is InChI=1S/C61H93N8O13P/c1-15-40(7)55(68(12)61(76)53(38(3)4)66-60(75)54(39(5)6)67(10)11)49(79-13)35-52(72)69-33-23-28-48(69)56(80-14)41(8)58(73)63-42(9)57(45-26-21-18-22-27-45)82-83(77,78)81-37-44-29-31-46(32-30-44)64-51(71)36-62-59(74)47(65-50(70)16-2)34-43-24-19-17-20-25-43/h17-22,24-27,29-32,38-42,47-49,53-57H,15-16,23,28,33-37H2,1-14H3,(H,62,74)(H,63,73)(H,64,71)(H,65,70)(H,66,75)(H,77,78)/t40-,41+,42+,47-,48-,49+,53-,54-,55-,56+,57+/m0/s1. The van der Waals surface area contributed by atoms with Crippen molar-refractivity contribution < 1.29 is 61.5 Å². The minimum absolute atomic E-state index is 0.000959. The van der Waals surface area contributed by atoms with Gasteiger partial charge in [-0.3, -0.25) is 47.5 Å². The molecule has 1 fully saturated rings. The molecule has 0 bridgehead atoms. The van der Waals surface area contributed by atoms with Crippen molar-refractivity contribution in [2.45, 2.75) is 162 Å². The van der Waals surface area contributed by atoms with Crippen LogP contribution in [0.5, 0.6) is 0 Å². The van der Waals surface area contributed by atoms with Gasteiger partial charge in [0.2, 0.25) is 41.4 Å². The lowest BCUT2D eigenvalue weighted by molar-refractivity contribution is -0.148. The maximum Gasteiger partial charge on any atom is 0.473 e. The number of methoxy groups -OCH3 is 2. The first-order valence-electron chi connectivity index (χ1n) is 28.9. The minimum Gasteiger partial charge on any atom is -0.379 e. The lowest BCUT2D eigenvalue weighted by atomic mass is 9.89. The summed E-state index contributed by atoms with van der Waals surface area (Å²) in [5, 5.41) is 14.0. The van der Waals surface area contributed by atoms with E-state index in [2.05, 4.69) is 26.6 Å². The molecule has 1 saturated heterocycles. The number of hydrogen-bond acceptors (Lipinski definition) is 13. The maximum atomic E-state index is 14.5. The van der Waals surface area contributed by atoms with Crippen LogP contribution >= 0.6 is 7.82 Å². The van der Waals surface area contributed by atoms with Crippen LogP contribution < -0.4 is 26.6 Å². The van der Waals surface area contributed by atoms with Crippen molar-refractivity contribution in [3.05, 3.63) is 102 Å². The predicted octanol–water partition coefficient (Wildman–Crippen LogP) is 6.41. The summed E-state index contributed by atoms with van der Waals surface area (Å²) in [5.74, 6) is -3.68. The fourth-order valence-corrected chi connectivity index (χ4v) is 11.8. The molecule has 1 aliphatic heterocycles. The average molecular weight is 1180 g/mol. The third kappa shape index (κ3) is 20.6. The summed E-state index contributed by atoms with van der Waals surface area (Å²) >= 11 is 0. The van der Waals surface area contributed by atoms with E-state index in [-0.39, 0.29) is 73.8 Å². The number of likely N-dealkylation sites (N-methyl/N-ethyl adjacent to an activating group) is 2. The van der Waals surface area contributed by atoms with Gasteiger partial charge in [0, 0.05) is 46.3 Å². The van der Waals surface area contributed by atoms with Gasteiger partial charge >= 0.3 is 7.82 Å². The monoisotopic (exact) mass is 1180 g/mol. The SMILES string of the molecule is CCC(=O)N[C@@H](Cc1ccccc1)C(=O)NCC(=O)Nc1ccc(COP(=O)(O)O[C@@H](c2ccccc2)[C@@H](C)NC(=O)[C@H](C)[C@@H](OC)[C@@H]2CCCN2C(=O)C[C@@H](OC)[C@H]([C@@H](C)CC)N(C)C(=O)[C@@H](NC(=O)[C@H](C(C)C)N(C)C)C(C)C)cc1.